The molecule has 0 aromatic rings. The van der Waals surface area contributed by atoms with E-state index in [9.17, 15) is 9.18 Å². The zero-order valence-electron chi connectivity index (χ0n) is 5.36. The van der Waals surface area contributed by atoms with Gasteiger partial charge in [-0.3, -0.25) is 4.79 Å². The summed E-state index contributed by atoms with van der Waals surface area (Å²) >= 11 is 4.85. The molecular formula is C6H10ClFO. The van der Waals surface area contributed by atoms with Crippen molar-refractivity contribution < 1.29 is 9.18 Å². The van der Waals surface area contributed by atoms with Crippen molar-refractivity contribution in [2.45, 2.75) is 32.4 Å². The Morgan fingerprint density at radius 1 is 1.78 bits per heavy atom. The van der Waals surface area contributed by atoms with Crippen LogP contribution in [-0.4, -0.2) is 11.4 Å². The molecule has 0 aliphatic heterocycles. The highest BCUT2D eigenvalue weighted by molar-refractivity contribution is 6.64. The standard InChI is InChI=1S/C6H10ClFO/c1-2-3-4-5(8)6(7)9/h5H,2-4H2,1H3/t5-/m1/s1. The summed E-state index contributed by atoms with van der Waals surface area (Å²) in [7, 11) is 0. The molecule has 0 aliphatic rings. The van der Waals surface area contributed by atoms with Crippen LogP contribution in [0.3, 0.4) is 0 Å². The molecule has 1 atom stereocenters. The molecule has 0 spiro atoms. The van der Waals surface area contributed by atoms with Gasteiger partial charge in [-0.1, -0.05) is 19.8 Å². The molecule has 9 heavy (non-hydrogen) atoms. The molecule has 0 fully saturated rings. The van der Waals surface area contributed by atoms with Crippen LogP contribution in [0.1, 0.15) is 26.2 Å². The predicted molar refractivity (Wildman–Crippen MR) is 35.3 cm³/mol. The van der Waals surface area contributed by atoms with Crippen molar-refractivity contribution in [1.82, 2.24) is 0 Å². The minimum absolute atomic E-state index is 0.263. The summed E-state index contributed by atoms with van der Waals surface area (Å²) < 4.78 is 12.2. The Bertz CT molecular complexity index is 95.1. The van der Waals surface area contributed by atoms with Crippen LogP contribution in [0.5, 0.6) is 0 Å². The molecule has 0 radical (unpaired) electrons. The monoisotopic (exact) mass is 152 g/mol. The first-order chi connectivity index (χ1) is 4.18. The molecule has 0 N–H and O–H groups in total. The third-order valence-corrected chi connectivity index (χ3v) is 1.29. The van der Waals surface area contributed by atoms with E-state index < -0.39 is 11.4 Å². The Morgan fingerprint density at radius 3 is 2.67 bits per heavy atom. The molecule has 0 unspecified atom stereocenters. The molecule has 0 saturated carbocycles. The first kappa shape index (κ1) is 8.89. The molecule has 54 valence electrons. The number of carbonyl (C=O) groups excluding carboxylic acids is 1. The Labute approximate surface area is 59.2 Å². The lowest BCUT2D eigenvalue weighted by Gasteiger charge is -1.98. The van der Waals surface area contributed by atoms with Crippen LogP contribution >= 0.6 is 11.6 Å². The number of carbonyl (C=O) groups is 1. The van der Waals surface area contributed by atoms with E-state index in [-0.39, 0.29) is 6.42 Å². The zero-order valence-corrected chi connectivity index (χ0v) is 6.12. The SMILES string of the molecule is CCCC[C@@H](F)C(=O)Cl. The van der Waals surface area contributed by atoms with Crippen molar-refractivity contribution in [3.05, 3.63) is 0 Å². The number of rotatable bonds is 4. The van der Waals surface area contributed by atoms with Crippen LogP contribution in [0.4, 0.5) is 4.39 Å². The molecule has 3 heteroatoms. The van der Waals surface area contributed by atoms with Gasteiger partial charge in [0.2, 0.25) is 0 Å². The number of halogens is 2. The number of hydrogen-bond donors (Lipinski definition) is 0. The summed E-state index contributed by atoms with van der Waals surface area (Å²) in [6.07, 6.45) is 0.426. The third kappa shape index (κ3) is 4.40. The summed E-state index contributed by atoms with van der Waals surface area (Å²) in [5, 5.41) is -0.872. The highest BCUT2D eigenvalue weighted by Crippen LogP contribution is 2.06. The minimum atomic E-state index is -1.45. The molecule has 0 heterocycles. The van der Waals surface area contributed by atoms with Gasteiger partial charge in [0.1, 0.15) is 0 Å². The lowest BCUT2D eigenvalue weighted by atomic mass is 10.2. The summed E-state index contributed by atoms with van der Waals surface area (Å²) in [4.78, 5) is 10.0. The zero-order chi connectivity index (χ0) is 7.28. The summed E-state index contributed by atoms with van der Waals surface area (Å²) in [6.45, 7) is 1.94. The molecular weight excluding hydrogens is 143 g/mol. The molecule has 0 rings (SSSR count). The van der Waals surface area contributed by atoms with Gasteiger partial charge in [-0.2, -0.15) is 0 Å². The second-order valence-corrected chi connectivity index (χ2v) is 2.29. The van der Waals surface area contributed by atoms with Crippen molar-refractivity contribution in [3.63, 3.8) is 0 Å². The van der Waals surface area contributed by atoms with E-state index in [2.05, 4.69) is 0 Å². The molecule has 1 nitrogen and oxygen atoms in total. The molecule has 0 saturated heterocycles. The molecule has 0 bridgehead atoms. The fraction of sp³-hybridized carbons (Fsp3) is 0.833. The topological polar surface area (TPSA) is 17.1 Å². The smallest absolute Gasteiger partial charge is 0.255 e. The Hall–Kier alpha value is -0.110. The van der Waals surface area contributed by atoms with Crippen molar-refractivity contribution in [3.8, 4) is 0 Å². The summed E-state index contributed by atoms with van der Waals surface area (Å²) in [6, 6.07) is 0. The Kier molecular flexibility index (Phi) is 4.68. The fourth-order valence-electron chi connectivity index (χ4n) is 0.497. The maximum absolute atomic E-state index is 12.2. The van der Waals surface area contributed by atoms with Crippen LogP contribution in [0.2, 0.25) is 0 Å². The number of hydrogen-bond acceptors (Lipinski definition) is 1. The van der Waals surface area contributed by atoms with Gasteiger partial charge >= 0.3 is 0 Å². The van der Waals surface area contributed by atoms with Gasteiger partial charge in [-0.05, 0) is 18.0 Å². The number of alkyl halides is 1. The first-order valence-corrected chi connectivity index (χ1v) is 3.39. The Balaban J connectivity index is 3.27. The molecule has 0 amide bonds. The van der Waals surface area contributed by atoms with E-state index >= 15 is 0 Å². The third-order valence-electron chi connectivity index (χ3n) is 1.06. The number of unbranched alkanes of at least 4 members (excludes halogenated alkanes) is 1. The molecule has 0 aromatic heterocycles. The van der Waals surface area contributed by atoms with Crippen LogP contribution in [0.15, 0.2) is 0 Å². The van der Waals surface area contributed by atoms with Crippen LogP contribution in [0, 0.1) is 0 Å². The van der Waals surface area contributed by atoms with Gasteiger partial charge in [0, 0.05) is 0 Å². The lowest BCUT2D eigenvalue weighted by Crippen LogP contribution is -2.07. The largest absolute Gasteiger partial charge is 0.278 e. The van der Waals surface area contributed by atoms with Crippen LogP contribution in [-0.2, 0) is 4.79 Å². The van der Waals surface area contributed by atoms with Gasteiger partial charge in [-0.25, -0.2) is 4.39 Å². The van der Waals surface area contributed by atoms with Crippen LogP contribution < -0.4 is 0 Å². The second kappa shape index (κ2) is 4.74. The highest BCUT2D eigenvalue weighted by atomic mass is 35.5. The average Bonchev–Trinajstić information content (AvgIpc) is 1.82. The second-order valence-electron chi connectivity index (χ2n) is 1.91. The van der Waals surface area contributed by atoms with Gasteiger partial charge < -0.3 is 0 Å². The van der Waals surface area contributed by atoms with Crippen LogP contribution in [0.25, 0.3) is 0 Å². The van der Waals surface area contributed by atoms with Gasteiger partial charge in [0.25, 0.3) is 5.24 Å². The van der Waals surface area contributed by atoms with Crippen molar-refractivity contribution in [1.29, 1.82) is 0 Å². The average molecular weight is 153 g/mol. The molecule has 0 aliphatic carbocycles. The van der Waals surface area contributed by atoms with E-state index in [1.54, 1.807) is 0 Å². The van der Waals surface area contributed by atoms with Gasteiger partial charge in [0.15, 0.2) is 6.17 Å². The minimum Gasteiger partial charge on any atom is -0.278 e. The first-order valence-electron chi connectivity index (χ1n) is 3.02. The predicted octanol–water partition coefficient (Wildman–Crippen LogP) is 2.28. The van der Waals surface area contributed by atoms with Crippen molar-refractivity contribution in [2.75, 3.05) is 0 Å². The van der Waals surface area contributed by atoms with Crippen molar-refractivity contribution >= 4 is 16.8 Å². The van der Waals surface area contributed by atoms with E-state index in [1.165, 1.54) is 0 Å². The summed E-state index contributed by atoms with van der Waals surface area (Å²) in [5.41, 5.74) is 0. The highest BCUT2D eigenvalue weighted by Gasteiger charge is 2.12. The normalized spacial score (nSPS) is 13.2. The van der Waals surface area contributed by atoms with Crippen molar-refractivity contribution in [2.24, 2.45) is 0 Å². The van der Waals surface area contributed by atoms with E-state index in [1.807, 2.05) is 6.92 Å². The van der Waals surface area contributed by atoms with E-state index in [0.29, 0.717) is 0 Å². The maximum Gasteiger partial charge on any atom is 0.255 e. The quantitative estimate of drug-likeness (QED) is 0.565. The fourth-order valence-corrected chi connectivity index (χ4v) is 0.606. The Morgan fingerprint density at radius 2 is 2.33 bits per heavy atom. The summed E-state index contributed by atoms with van der Waals surface area (Å²) in [5.74, 6) is 0. The van der Waals surface area contributed by atoms with E-state index in [0.717, 1.165) is 12.8 Å². The van der Waals surface area contributed by atoms with Gasteiger partial charge in [0.05, 0.1) is 0 Å². The van der Waals surface area contributed by atoms with E-state index in [4.69, 9.17) is 11.6 Å². The van der Waals surface area contributed by atoms with Gasteiger partial charge in [-0.15, -0.1) is 0 Å². The maximum atomic E-state index is 12.2. The lowest BCUT2D eigenvalue weighted by molar-refractivity contribution is -0.116. The molecule has 0 aromatic carbocycles.